The molecule has 120 valence electrons. The van der Waals surface area contributed by atoms with E-state index in [-0.39, 0.29) is 5.91 Å². The molecule has 2 aromatic rings. The van der Waals surface area contributed by atoms with Crippen molar-refractivity contribution < 1.29 is 9.53 Å². The monoisotopic (exact) mass is 438 g/mol. The van der Waals surface area contributed by atoms with Crippen molar-refractivity contribution in [2.24, 2.45) is 5.10 Å². The molecule has 1 N–H and O–H groups in total. The number of nitrogens with zero attached hydrogens (tertiary/aromatic N) is 1. The Hall–Kier alpha value is -1.66. The number of carbonyl (C=O) groups excluding carboxylic acids is 1. The summed E-state index contributed by atoms with van der Waals surface area (Å²) in [7, 11) is 0. The van der Waals surface area contributed by atoms with E-state index in [1.165, 1.54) is 0 Å². The molecule has 0 radical (unpaired) electrons. The number of hydrogen-bond donors (Lipinski definition) is 1. The first-order valence-electron chi connectivity index (χ1n) is 7.11. The molecular formula is C17H16Br2N2O2. The van der Waals surface area contributed by atoms with E-state index >= 15 is 0 Å². The van der Waals surface area contributed by atoms with E-state index in [0.29, 0.717) is 12.2 Å². The first kappa shape index (κ1) is 17.7. The highest BCUT2D eigenvalue weighted by molar-refractivity contribution is 9.10. The summed E-state index contributed by atoms with van der Waals surface area (Å²) in [5.41, 5.74) is 3.85. The van der Waals surface area contributed by atoms with E-state index < -0.39 is 0 Å². The number of rotatable bonds is 6. The van der Waals surface area contributed by atoms with Crippen LogP contribution in [0.4, 0.5) is 0 Å². The first-order valence-corrected chi connectivity index (χ1v) is 8.70. The van der Waals surface area contributed by atoms with Gasteiger partial charge in [-0.3, -0.25) is 4.79 Å². The first-order chi connectivity index (χ1) is 11.1. The lowest BCUT2D eigenvalue weighted by molar-refractivity contribution is 0.0955. The maximum atomic E-state index is 12.0. The fourth-order valence-electron chi connectivity index (χ4n) is 1.79. The maximum absolute atomic E-state index is 12.0. The van der Waals surface area contributed by atoms with Crippen molar-refractivity contribution in [3.63, 3.8) is 0 Å². The molecule has 0 aliphatic carbocycles. The molecule has 0 saturated carbocycles. The molecule has 0 saturated heterocycles. The Balaban J connectivity index is 2.06. The van der Waals surface area contributed by atoms with Gasteiger partial charge in [-0.1, -0.05) is 38.8 Å². The van der Waals surface area contributed by atoms with Crippen molar-refractivity contribution in [3.8, 4) is 5.75 Å². The second kappa shape index (κ2) is 8.84. The number of hydrogen-bond acceptors (Lipinski definition) is 3. The number of carbonyl (C=O) groups is 1. The number of benzene rings is 2. The SMILES string of the molecule is CCCOc1ccc(Br)cc1/C=N\NC(=O)c1ccc(Br)cc1. The molecule has 0 heterocycles. The normalized spacial score (nSPS) is 10.7. The zero-order chi connectivity index (χ0) is 16.7. The topological polar surface area (TPSA) is 50.7 Å². The summed E-state index contributed by atoms with van der Waals surface area (Å²) < 4.78 is 7.51. The lowest BCUT2D eigenvalue weighted by Crippen LogP contribution is -2.17. The minimum Gasteiger partial charge on any atom is -0.493 e. The Kier molecular flexibility index (Phi) is 6.80. The van der Waals surface area contributed by atoms with Crippen LogP contribution in [0.3, 0.4) is 0 Å². The maximum Gasteiger partial charge on any atom is 0.271 e. The molecule has 0 aliphatic rings. The van der Waals surface area contributed by atoms with E-state index in [9.17, 15) is 4.79 Å². The van der Waals surface area contributed by atoms with Crippen molar-refractivity contribution >= 4 is 44.0 Å². The quantitative estimate of drug-likeness (QED) is 0.520. The number of hydrazone groups is 1. The summed E-state index contributed by atoms with van der Waals surface area (Å²) >= 11 is 6.75. The molecule has 0 spiro atoms. The molecule has 1 amide bonds. The van der Waals surface area contributed by atoms with Gasteiger partial charge in [-0.25, -0.2) is 5.43 Å². The molecule has 0 fully saturated rings. The van der Waals surface area contributed by atoms with Crippen LogP contribution in [-0.4, -0.2) is 18.7 Å². The van der Waals surface area contributed by atoms with Gasteiger partial charge in [-0.05, 0) is 48.9 Å². The van der Waals surface area contributed by atoms with Gasteiger partial charge in [-0.15, -0.1) is 0 Å². The zero-order valence-corrected chi connectivity index (χ0v) is 15.7. The summed E-state index contributed by atoms with van der Waals surface area (Å²) in [5, 5.41) is 4.01. The van der Waals surface area contributed by atoms with Crippen molar-refractivity contribution in [1.29, 1.82) is 0 Å². The van der Waals surface area contributed by atoms with Gasteiger partial charge in [-0.2, -0.15) is 5.10 Å². The molecule has 2 aromatic carbocycles. The van der Waals surface area contributed by atoms with Crippen molar-refractivity contribution in [2.45, 2.75) is 13.3 Å². The molecule has 0 aromatic heterocycles. The predicted octanol–water partition coefficient (Wildman–Crippen LogP) is 4.76. The van der Waals surface area contributed by atoms with Gasteiger partial charge in [0.25, 0.3) is 5.91 Å². The van der Waals surface area contributed by atoms with E-state index in [1.807, 2.05) is 37.3 Å². The van der Waals surface area contributed by atoms with Gasteiger partial charge in [0.15, 0.2) is 0 Å². The highest BCUT2D eigenvalue weighted by Gasteiger charge is 2.05. The number of nitrogens with one attached hydrogen (secondary N) is 1. The molecule has 2 rings (SSSR count). The third-order valence-electron chi connectivity index (χ3n) is 2.91. The van der Waals surface area contributed by atoms with Gasteiger partial charge >= 0.3 is 0 Å². The summed E-state index contributed by atoms with van der Waals surface area (Å²) in [6.07, 6.45) is 2.50. The largest absolute Gasteiger partial charge is 0.493 e. The lowest BCUT2D eigenvalue weighted by Gasteiger charge is -2.08. The fourth-order valence-corrected chi connectivity index (χ4v) is 2.43. The third-order valence-corrected chi connectivity index (χ3v) is 3.93. The second-order valence-electron chi connectivity index (χ2n) is 4.74. The molecule has 23 heavy (non-hydrogen) atoms. The summed E-state index contributed by atoms with van der Waals surface area (Å²) in [5.74, 6) is 0.469. The van der Waals surface area contributed by atoms with E-state index in [1.54, 1.807) is 18.3 Å². The second-order valence-corrected chi connectivity index (χ2v) is 6.57. The van der Waals surface area contributed by atoms with Crippen LogP contribution in [0.2, 0.25) is 0 Å². The van der Waals surface area contributed by atoms with E-state index in [4.69, 9.17) is 4.74 Å². The molecule has 0 bridgehead atoms. The minimum absolute atomic E-state index is 0.264. The summed E-state index contributed by atoms with van der Waals surface area (Å²) in [6, 6.07) is 12.7. The van der Waals surface area contributed by atoms with Crippen LogP contribution in [-0.2, 0) is 0 Å². The van der Waals surface area contributed by atoms with Crippen LogP contribution < -0.4 is 10.2 Å². The van der Waals surface area contributed by atoms with Crippen LogP contribution in [0.1, 0.15) is 29.3 Å². The molecule has 0 unspecified atom stereocenters. The summed E-state index contributed by atoms with van der Waals surface area (Å²) in [6.45, 7) is 2.68. The number of halogens is 2. The van der Waals surface area contributed by atoms with Crippen LogP contribution in [0.25, 0.3) is 0 Å². The van der Waals surface area contributed by atoms with Crippen molar-refractivity contribution in [3.05, 3.63) is 62.5 Å². The zero-order valence-electron chi connectivity index (χ0n) is 12.6. The molecule has 0 aliphatic heterocycles. The molecular weight excluding hydrogens is 424 g/mol. The Labute approximate surface area is 152 Å². The third kappa shape index (κ3) is 5.48. The average Bonchev–Trinajstić information content (AvgIpc) is 2.54. The Morgan fingerprint density at radius 3 is 2.57 bits per heavy atom. The highest BCUT2D eigenvalue weighted by Crippen LogP contribution is 2.22. The molecule has 0 atom stereocenters. The number of amides is 1. The van der Waals surface area contributed by atoms with Gasteiger partial charge < -0.3 is 4.74 Å². The van der Waals surface area contributed by atoms with Crippen molar-refractivity contribution in [2.75, 3.05) is 6.61 Å². The average molecular weight is 440 g/mol. The van der Waals surface area contributed by atoms with Crippen LogP contribution in [0.5, 0.6) is 5.75 Å². The van der Waals surface area contributed by atoms with E-state index in [0.717, 1.165) is 26.7 Å². The van der Waals surface area contributed by atoms with E-state index in [2.05, 4.69) is 42.4 Å². The van der Waals surface area contributed by atoms with Crippen LogP contribution in [0.15, 0.2) is 56.5 Å². The standard InChI is InChI=1S/C17H16Br2N2O2/c1-2-9-23-16-8-7-15(19)10-13(16)11-20-21-17(22)12-3-5-14(18)6-4-12/h3-8,10-11H,2,9H2,1H3,(H,21,22)/b20-11-. The van der Waals surface area contributed by atoms with Crippen LogP contribution in [0, 0.1) is 0 Å². The van der Waals surface area contributed by atoms with Crippen LogP contribution >= 0.6 is 31.9 Å². The Morgan fingerprint density at radius 2 is 1.87 bits per heavy atom. The minimum atomic E-state index is -0.264. The Morgan fingerprint density at radius 1 is 1.17 bits per heavy atom. The molecule has 6 heteroatoms. The lowest BCUT2D eigenvalue weighted by atomic mass is 10.2. The predicted molar refractivity (Wildman–Crippen MR) is 99.1 cm³/mol. The molecule has 4 nitrogen and oxygen atoms in total. The van der Waals surface area contributed by atoms with Gasteiger partial charge in [0, 0.05) is 20.1 Å². The van der Waals surface area contributed by atoms with Gasteiger partial charge in [0.1, 0.15) is 5.75 Å². The highest BCUT2D eigenvalue weighted by atomic mass is 79.9. The fraction of sp³-hybridized carbons (Fsp3) is 0.176. The number of ether oxygens (including phenoxy) is 1. The summed E-state index contributed by atoms with van der Waals surface area (Å²) in [4.78, 5) is 12.0. The van der Waals surface area contributed by atoms with Crippen molar-refractivity contribution in [1.82, 2.24) is 5.43 Å². The Bertz CT molecular complexity index is 700. The van der Waals surface area contributed by atoms with Gasteiger partial charge in [0.05, 0.1) is 12.8 Å². The van der Waals surface area contributed by atoms with Gasteiger partial charge in [0.2, 0.25) is 0 Å². The smallest absolute Gasteiger partial charge is 0.271 e.